The molecule has 1 aromatic heterocycles. The first-order valence-corrected chi connectivity index (χ1v) is 6.58. The van der Waals surface area contributed by atoms with Gasteiger partial charge in [0.25, 0.3) is 5.69 Å². The van der Waals surface area contributed by atoms with Crippen LogP contribution in [0.1, 0.15) is 5.56 Å². The highest BCUT2D eigenvalue weighted by Gasteiger charge is 2.30. The van der Waals surface area contributed by atoms with E-state index in [2.05, 4.69) is 4.98 Å². The van der Waals surface area contributed by atoms with Crippen molar-refractivity contribution in [3.8, 4) is 11.3 Å². The molecule has 0 radical (unpaired) electrons. The lowest BCUT2D eigenvalue weighted by Crippen LogP contribution is -2.04. The van der Waals surface area contributed by atoms with Crippen LogP contribution in [-0.2, 0) is 6.18 Å². The molecule has 0 saturated carbocycles. The van der Waals surface area contributed by atoms with Gasteiger partial charge in [-0.1, -0.05) is 30.3 Å². The van der Waals surface area contributed by atoms with Crippen molar-refractivity contribution in [3.63, 3.8) is 0 Å². The first-order valence-electron chi connectivity index (χ1n) is 6.58. The van der Waals surface area contributed by atoms with Gasteiger partial charge < -0.3 is 0 Å². The number of nitrogens with zero attached hydrogens (tertiary/aromatic N) is 2. The Bertz CT molecular complexity index is 890. The van der Waals surface area contributed by atoms with Gasteiger partial charge in [-0.15, -0.1) is 0 Å². The molecule has 0 aliphatic heterocycles. The highest BCUT2D eigenvalue weighted by atomic mass is 19.4. The number of halogens is 3. The Kier molecular flexibility index (Phi) is 3.48. The molecule has 0 spiro atoms. The zero-order valence-electron chi connectivity index (χ0n) is 11.5. The average molecular weight is 318 g/mol. The van der Waals surface area contributed by atoms with E-state index in [0.29, 0.717) is 10.9 Å². The fourth-order valence-electron chi connectivity index (χ4n) is 2.27. The van der Waals surface area contributed by atoms with Gasteiger partial charge >= 0.3 is 6.18 Å². The van der Waals surface area contributed by atoms with Gasteiger partial charge in [-0.25, -0.2) is 4.98 Å². The fraction of sp³-hybridized carbons (Fsp3) is 0.0625. The number of benzene rings is 2. The average Bonchev–Trinajstić information content (AvgIpc) is 2.53. The SMILES string of the molecule is O=[N+]([O-])c1cc2ccccc2nc1-c1ccc(C(F)(F)F)cc1. The Hall–Kier alpha value is -2.96. The Morgan fingerprint density at radius 1 is 1.00 bits per heavy atom. The van der Waals surface area contributed by atoms with E-state index in [4.69, 9.17) is 0 Å². The third kappa shape index (κ3) is 2.85. The van der Waals surface area contributed by atoms with Gasteiger partial charge in [0.15, 0.2) is 0 Å². The summed E-state index contributed by atoms with van der Waals surface area (Å²) in [5.41, 5.74) is -0.223. The van der Waals surface area contributed by atoms with Crippen molar-refractivity contribution in [1.29, 1.82) is 0 Å². The Morgan fingerprint density at radius 3 is 2.26 bits per heavy atom. The lowest BCUT2D eigenvalue weighted by molar-refractivity contribution is -0.384. The molecule has 116 valence electrons. The summed E-state index contributed by atoms with van der Waals surface area (Å²) in [7, 11) is 0. The molecule has 4 nitrogen and oxygen atoms in total. The van der Waals surface area contributed by atoms with Gasteiger partial charge in [-0.2, -0.15) is 13.2 Å². The van der Waals surface area contributed by atoms with Gasteiger partial charge in [0.1, 0.15) is 5.69 Å². The molecule has 0 saturated heterocycles. The largest absolute Gasteiger partial charge is 0.416 e. The molecule has 0 unspecified atom stereocenters. The normalized spacial score (nSPS) is 11.6. The minimum atomic E-state index is -4.46. The smallest absolute Gasteiger partial charge is 0.258 e. The molecule has 0 bridgehead atoms. The van der Waals surface area contributed by atoms with Crippen LogP contribution in [0.2, 0.25) is 0 Å². The second-order valence-corrected chi connectivity index (χ2v) is 4.88. The van der Waals surface area contributed by atoms with Gasteiger partial charge in [-0.05, 0) is 18.2 Å². The van der Waals surface area contributed by atoms with Crippen molar-refractivity contribution >= 4 is 16.6 Å². The minimum absolute atomic E-state index is 0.0439. The van der Waals surface area contributed by atoms with Crippen molar-refractivity contribution in [2.24, 2.45) is 0 Å². The maximum Gasteiger partial charge on any atom is 0.416 e. The van der Waals surface area contributed by atoms with Crippen LogP contribution in [0.3, 0.4) is 0 Å². The fourth-order valence-corrected chi connectivity index (χ4v) is 2.27. The zero-order chi connectivity index (χ0) is 16.6. The van der Waals surface area contributed by atoms with Crippen LogP contribution in [0, 0.1) is 10.1 Å². The van der Waals surface area contributed by atoms with E-state index in [-0.39, 0.29) is 16.9 Å². The molecule has 2 aromatic carbocycles. The predicted molar refractivity (Wildman–Crippen MR) is 78.8 cm³/mol. The predicted octanol–water partition coefficient (Wildman–Crippen LogP) is 4.83. The summed E-state index contributed by atoms with van der Waals surface area (Å²) < 4.78 is 37.8. The molecule has 3 rings (SSSR count). The van der Waals surface area contributed by atoms with Crippen LogP contribution in [0.4, 0.5) is 18.9 Å². The molecular weight excluding hydrogens is 309 g/mol. The van der Waals surface area contributed by atoms with E-state index < -0.39 is 16.7 Å². The highest BCUT2D eigenvalue weighted by Crippen LogP contribution is 2.34. The van der Waals surface area contributed by atoms with E-state index in [9.17, 15) is 23.3 Å². The van der Waals surface area contributed by atoms with Crippen LogP contribution >= 0.6 is 0 Å². The first-order chi connectivity index (χ1) is 10.9. The van der Waals surface area contributed by atoms with Crippen molar-refractivity contribution in [1.82, 2.24) is 4.98 Å². The van der Waals surface area contributed by atoms with Gasteiger partial charge in [0.2, 0.25) is 0 Å². The van der Waals surface area contributed by atoms with Crippen LogP contribution in [0.25, 0.3) is 22.2 Å². The van der Waals surface area contributed by atoms with Crippen molar-refractivity contribution in [2.75, 3.05) is 0 Å². The molecular formula is C16H9F3N2O2. The number of para-hydroxylation sites is 1. The van der Waals surface area contributed by atoms with E-state index in [1.54, 1.807) is 24.3 Å². The Morgan fingerprint density at radius 2 is 1.65 bits per heavy atom. The summed E-state index contributed by atoms with van der Waals surface area (Å²) in [6, 6.07) is 12.3. The molecule has 7 heteroatoms. The second-order valence-electron chi connectivity index (χ2n) is 4.88. The molecule has 0 atom stereocenters. The summed E-state index contributed by atoms with van der Waals surface area (Å²) in [5, 5.41) is 11.8. The molecule has 1 heterocycles. The van der Waals surface area contributed by atoms with Gasteiger partial charge in [-0.3, -0.25) is 10.1 Å². The van der Waals surface area contributed by atoms with E-state index in [1.807, 2.05) is 0 Å². The lowest BCUT2D eigenvalue weighted by Gasteiger charge is -2.08. The number of hydrogen-bond acceptors (Lipinski definition) is 3. The van der Waals surface area contributed by atoms with Gasteiger partial charge in [0, 0.05) is 17.0 Å². The Balaban J connectivity index is 2.18. The first kappa shape index (κ1) is 15.0. The zero-order valence-corrected chi connectivity index (χ0v) is 11.5. The molecule has 0 aliphatic carbocycles. The van der Waals surface area contributed by atoms with Crippen molar-refractivity contribution in [3.05, 3.63) is 70.3 Å². The van der Waals surface area contributed by atoms with E-state index >= 15 is 0 Å². The van der Waals surface area contributed by atoms with Crippen molar-refractivity contribution in [2.45, 2.75) is 6.18 Å². The van der Waals surface area contributed by atoms with Crippen LogP contribution in [0.15, 0.2) is 54.6 Å². The molecule has 0 fully saturated rings. The number of hydrogen-bond donors (Lipinski definition) is 0. The third-order valence-electron chi connectivity index (χ3n) is 3.39. The monoisotopic (exact) mass is 318 g/mol. The molecule has 0 amide bonds. The summed E-state index contributed by atoms with van der Waals surface area (Å²) in [6.45, 7) is 0. The second kappa shape index (κ2) is 5.35. The van der Waals surface area contributed by atoms with Crippen LogP contribution in [0.5, 0.6) is 0 Å². The number of nitro groups is 1. The van der Waals surface area contributed by atoms with E-state index in [0.717, 1.165) is 12.1 Å². The molecule has 0 N–H and O–H groups in total. The maximum atomic E-state index is 12.6. The topological polar surface area (TPSA) is 56.0 Å². The summed E-state index contributed by atoms with van der Waals surface area (Å²) >= 11 is 0. The minimum Gasteiger partial charge on any atom is -0.258 e. The summed E-state index contributed by atoms with van der Waals surface area (Å²) in [5.74, 6) is 0. The highest BCUT2D eigenvalue weighted by molar-refractivity contribution is 5.86. The third-order valence-corrected chi connectivity index (χ3v) is 3.39. The Labute approximate surface area is 128 Å². The summed E-state index contributed by atoms with van der Waals surface area (Å²) in [6.07, 6.45) is -4.46. The number of alkyl halides is 3. The maximum absolute atomic E-state index is 12.6. The quantitative estimate of drug-likeness (QED) is 0.502. The standard InChI is InChI=1S/C16H9F3N2O2/c17-16(18,19)12-7-5-10(6-8-12)15-14(21(22)23)9-11-3-1-2-4-13(11)20-15/h1-9H. The number of rotatable bonds is 2. The van der Waals surface area contributed by atoms with Gasteiger partial charge in [0.05, 0.1) is 16.0 Å². The van der Waals surface area contributed by atoms with Crippen LogP contribution < -0.4 is 0 Å². The van der Waals surface area contributed by atoms with E-state index in [1.165, 1.54) is 18.2 Å². The molecule has 23 heavy (non-hydrogen) atoms. The summed E-state index contributed by atoms with van der Waals surface area (Å²) in [4.78, 5) is 14.9. The molecule has 3 aromatic rings. The number of pyridine rings is 1. The molecule has 0 aliphatic rings. The van der Waals surface area contributed by atoms with Crippen LogP contribution in [-0.4, -0.2) is 9.91 Å². The van der Waals surface area contributed by atoms with Crippen molar-refractivity contribution < 1.29 is 18.1 Å². The lowest BCUT2D eigenvalue weighted by atomic mass is 10.1. The number of aromatic nitrogens is 1. The number of fused-ring (bicyclic) bond motifs is 1.